The highest BCUT2D eigenvalue weighted by atomic mass is 16.5. The van der Waals surface area contributed by atoms with Gasteiger partial charge in [-0.3, -0.25) is 0 Å². The maximum Gasteiger partial charge on any atom is 0.149 e. The molecule has 120 valence electrons. The number of aromatic nitrogens is 2. The minimum absolute atomic E-state index is 0.483. The minimum Gasteiger partial charge on any atom is -0.493 e. The smallest absolute Gasteiger partial charge is 0.149 e. The zero-order chi connectivity index (χ0) is 17.1. The molecule has 0 radical (unpaired) electrons. The maximum absolute atomic E-state index is 9.61. The number of benzene rings is 2. The number of fused-ring (bicyclic) bond motifs is 1. The molecule has 0 aliphatic carbocycles. The van der Waals surface area contributed by atoms with Gasteiger partial charge in [0.25, 0.3) is 0 Å². The van der Waals surface area contributed by atoms with E-state index in [4.69, 9.17) is 4.74 Å². The van der Waals surface area contributed by atoms with Crippen molar-refractivity contribution >= 4 is 22.7 Å². The number of H-pyrrole nitrogens is 1. The van der Waals surface area contributed by atoms with Crippen LogP contribution in [0.15, 0.2) is 36.4 Å². The van der Waals surface area contributed by atoms with Gasteiger partial charge in [-0.05, 0) is 50.6 Å². The molecule has 0 bridgehead atoms. The number of hydrogen-bond acceptors (Lipinski definition) is 3. The first-order chi connectivity index (χ1) is 11.6. The van der Waals surface area contributed by atoms with Gasteiger partial charge in [-0.25, -0.2) is 4.98 Å². The second-order valence-corrected chi connectivity index (χ2v) is 5.71. The number of nitrogens with one attached hydrogen (secondary N) is 1. The molecule has 0 aliphatic heterocycles. The molecular weight excluding hydrogens is 298 g/mol. The van der Waals surface area contributed by atoms with E-state index in [0.29, 0.717) is 18.0 Å². The molecule has 1 N–H and O–H groups in total. The number of ether oxygens (including phenoxy) is 1. The lowest BCUT2D eigenvalue weighted by atomic mass is 10.0. The molecule has 0 spiro atoms. The summed E-state index contributed by atoms with van der Waals surface area (Å²) in [6, 6.07) is 14.1. The fourth-order valence-electron chi connectivity index (χ4n) is 2.83. The number of rotatable bonds is 4. The summed E-state index contributed by atoms with van der Waals surface area (Å²) in [6.45, 7) is 6.59. The third kappa shape index (κ3) is 3.02. The van der Waals surface area contributed by atoms with Gasteiger partial charge in [0.05, 0.1) is 23.2 Å². The summed E-state index contributed by atoms with van der Waals surface area (Å²) in [4.78, 5) is 7.72. The Hall–Kier alpha value is -3.06. The van der Waals surface area contributed by atoms with Gasteiger partial charge in [-0.15, -0.1) is 0 Å². The summed E-state index contributed by atoms with van der Waals surface area (Å²) in [6.07, 6.45) is 1.84. The molecule has 0 atom stereocenters. The Morgan fingerprint density at radius 3 is 2.79 bits per heavy atom. The van der Waals surface area contributed by atoms with Gasteiger partial charge in [-0.1, -0.05) is 23.8 Å². The third-order valence-electron chi connectivity index (χ3n) is 3.80. The molecule has 0 saturated heterocycles. The summed E-state index contributed by atoms with van der Waals surface area (Å²) in [5, 5.41) is 9.61. The molecule has 4 nitrogen and oxygen atoms in total. The summed E-state index contributed by atoms with van der Waals surface area (Å²) >= 11 is 0. The lowest BCUT2D eigenvalue weighted by molar-refractivity contribution is 0.337. The minimum atomic E-state index is 0.483. The summed E-state index contributed by atoms with van der Waals surface area (Å²) < 4.78 is 5.78. The average Bonchev–Trinajstić information content (AvgIpc) is 2.99. The fourth-order valence-corrected chi connectivity index (χ4v) is 2.83. The number of aryl methyl sites for hydroxylation is 2. The van der Waals surface area contributed by atoms with Crippen LogP contribution in [-0.2, 0) is 0 Å². The fraction of sp³-hybridized carbons (Fsp3) is 0.200. The van der Waals surface area contributed by atoms with Crippen LogP contribution >= 0.6 is 0 Å². The number of aromatic amines is 1. The molecule has 1 heterocycles. The average molecular weight is 317 g/mol. The molecule has 1 aromatic heterocycles. The predicted octanol–water partition coefficient (Wildman–Crippen LogP) is 4.64. The van der Waals surface area contributed by atoms with Crippen LogP contribution in [0.3, 0.4) is 0 Å². The molecular formula is C20H19N3O. The van der Waals surface area contributed by atoms with Gasteiger partial charge in [0.1, 0.15) is 17.6 Å². The topological polar surface area (TPSA) is 61.7 Å². The Kier molecular flexibility index (Phi) is 4.35. The molecule has 2 aromatic carbocycles. The number of para-hydroxylation sites is 2. The molecule has 0 fully saturated rings. The van der Waals surface area contributed by atoms with Crippen LogP contribution in [-0.4, -0.2) is 16.6 Å². The second kappa shape index (κ2) is 6.59. The lowest BCUT2D eigenvalue weighted by Crippen LogP contribution is -1.98. The highest BCUT2D eigenvalue weighted by Crippen LogP contribution is 2.29. The standard InChI is InChI=1S/C20H19N3O/c1-4-24-19-14(3)9-13(2)10-15(19)11-16(12-21)20-22-17-7-5-6-8-18(17)23-20/h5-11H,4H2,1-3H3,(H,22,23)/b16-11-. The molecule has 24 heavy (non-hydrogen) atoms. The van der Waals surface area contributed by atoms with E-state index in [1.165, 1.54) is 0 Å². The Balaban J connectivity index is 2.13. The van der Waals surface area contributed by atoms with Gasteiger partial charge in [0, 0.05) is 5.56 Å². The van der Waals surface area contributed by atoms with Gasteiger partial charge < -0.3 is 9.72 Å². The first-order valence-corrected chi connectivity index (χ1v) is 7.93. The molecule has 3 rings (SSSR count). The SMILES string of the molecule is CCOc1c(C)cc(C)cc1/C=C(/C#N)c1nc2ccccc2[nH]1. The Morgan fingerprint density at radius 2 is 2.08 bits per heavy atom. The zero-order valence-corrected chi connectivity index (χ0v) is 14.1. The van der Waals surface area contributed by atoms with E-state index in [1.807, 2.05) is 57.2 Å². The Bertz CT molecular complexity index is 928. The van der Waals surface area contributed by atoms with E-state index in [9.17, 15) is 5.26 Å². The van der Waals surface area contributed by atoms with Gasteiger partial charge in [0.2, 0.25) is 0 Å². The van der Waals surface area contributed by atoms with Crippen LogP contribution in [0, 0.1) is 25.2 Å². The van der Waals surface area contributed by atoms with Crippen molar-refractivity contribution in [2.75, 3.05) is 6.61 Å². The quantitative estimate of drug-likeness (QED) is 0.713. The van der Waals surface area contributed by atoms with E-state index < -0.39 is 0 Å². The van der Waals surface area contributed by atoms with Crippen LogP contribution in [0.4, 0.5) is 0 Å². The van der Waals surface area contributed by atoms with Gasteiger partial charge in [-0.2, -0.15) is 5.26 Å². The number of nitrogens with zero attached hydrogens (tertiary/aromatic N) is 2. The highest BCUT2D eigenvalue weighted by Gasteiger charge is 2.11. The molecule has 0 unspecified atom stereocenters. The van der Waals surface area contributed by atoms with E-state index in [0.717, 1.165) is 33.5 Å². The van der Waals surface area contributed by atoms with E-state index in [-0.39, 0.29) is 0 Å². The summed E-state index contributed by atoms with van der Waals surface area (Å²) in [5.74, 6) is 1.38. The van der Waals surface area contributed by atoms with Crippen molar-refractivity contribution in [1.82, 2.24) is 9.97 Å². The van der Waals surface area contributed by atoms with Crippen molar-refractivity contribution in [1.29, 1.82) is 5.26 Å². The van der Waals surface area contributed by atoms with Crippen molar-refractivity contribution in [3.05, 3.63) is 58.9 Å². The molecule has 0 aliphatic rings. The first-order valence-electron chi connectivity index (χ1n) is 7.93. The van der Waals surface area contributed by atoms with E-state index >= 15 is 0 Å². The molecule has 3 aromatic rings. The number of imidazole rings is 1. The lowest BCUT2D eigenvalue weighted by Gasteiger charge is -2.12. The highest BCUT2D eigenvalue weighted by molar-refractivity contribution is 5.91. The summed E-state index contributed by atoms with van der Waals surface area (Å²) in [7, 11) is 0. The predicted molar refractivity (Wildman–Crippen MR) is 96.7 cm³/mol. The number of nitriles is 1. The first kappa shape index (κ1) is 15.8. The van der Waals surface area contributed by atoms with Crippen LogP contribution in [0.5, 0.6) is 5.75 Å². The second-order valence-electron chi connectivity index (χ2n) is 5.71. The van der Waals surface area contributed by atoms with Crippen molar-refractivity contribution in [3.8, 4) is 11.8 Å². The Labute approximate surface area is 141 Å². The number of allylic oxidation sites excluding steroid dienone is 1. The van der Waals surface area contributed by atoms with Crippen LogP contribution in [0.25, 0.3) is 22.7 Å². The molecule has 4 heteroatoms. The van der Waals surface area contributed by atoms with Gasteiger partial charge in [0.15, 0.2) is 0 Å². The van der Waals surface area contributed by atoms with Crippen LogP contribution in [0.1, 0.15) is 29.4 Å². The van der Waals surface area contributed by atoms with Crippen molar-refractivity contribution in [3.63, 3.8) is 0 Å². The molecule has 0 saturated carbocycles. The van der Waals surface area contributed by atoms with Crippen molar-refractivity contribution in [2.24, 2.45) is 0 Å². The normalized spacial score (nSPS) is 11.5. The van der Waals surface area contributed by atoms with Crippen LogP contribution in [0.2, 0.25) is 0 Å². The Morgan fingerprint density at radius 1 is 1.29 bits per heavy atom. The van der Waals surface area contributed by atoms with Gasteiger partial charge >= 0.3 is 0 Å². The molecule has 0 amide bonds. The largest absolute Gasteiger partial charge is 0.493 e. The zero-order valence-electron chi connectivity index (χ0n) is 14.1. The maximum atomic E-state index is 9.61. The van der Waals surface area contributed by atoms with Crippen molar-refractivity contribution in [2.45, 2.75) is 20.8 Å². The van der Waals surface area contributed by atoms with Crippen molar-refractivity contribution < 1.29 is 4.74 Å². The summed E-state index contributed by atoms with van der Waals surface area (Å²) in [5.41, 5.74) is 5.33. The van der Waals surface area contributed by atoms with E-state index in [2.05, 4.69) is 22.1 Å². The third-order valence-corrected chi connectivity index (χ3v) is 3.80. The number of hydrogen-bond donors (Lipinski definition) is 1. The van der Waals surface area contributed by atoms with E-state index in [1.54, 1.807) is 0 Å². The van der Waals surface area contributed by atoms with Crippen LogP contribution < -0.4 is 4.74 Å². The monoisotopic (exact) mass is 317 g/mol.